The molecule has 2 rings (SSSR count). The van der Waals surface area contributed by atoms with Crippen LogP contribution in [0.2, 0.25) is 0 Å². The topological polar surface area (TPSA) is 72.6 Å². The second kappa shape index (κ2) is 8.94. The van der Waals surface area contributed by atoms with E-state index in [-0.39, 0.29) is 28.5 Å². The van der Waals surface area contributed by atoms with Gasteiger partial charge in [0.25, 0.3) is 5.69 Å². The molecule has 0 saturated carbocycles. The van der Waals surface area contributed by atoms with Crippen LogP contribution < -0.4 is 17.0 Å². The molecule has 0 aromatic heterocycles. The molecule has 0 radical (unpaired) electrons. The molecule has 0 amide bonds. The second-order valence-electron chi connectivity index (χ2n) is 4.61. The Morgan fingerprint density at radius 3 is 2.90 bits per heavy atom. The number of hydrogen-bond donors (Lipinski definition) is 0. The van der Waals surface area contributed by atoms with Gasteiger partial charge in [0.15, 0.2) is 5.78 Å². The molecule has 0 spiro atoms. The summed E-state index contributed by atoms with van der Waals surface area (Å²) >= 11 is 1.46. The summed E-state index contributed by atoms with van der Waals surface area (Å²) in [6.07, 6.45) is 4.36. The van der Waals surface area contributed by atoms with Crippen molar-refractivity contribution >= 4 is 28.3 Å². The molecule has 5 nitrogen and oxygen atoms in total. The zero-order chi connectivity index (χ0) is 14.4. The Kier molecular flexibility index (Phi) is 7.60. The van der Waals surface area contributed by atoms with Crippen molar-refractivity contribution < 1.29 is 26.7 Å². The van der Waals surface area contributed by atoms with E-state index in [1.54, 1.807) is 12.1 Å². The zero-order valence-electron chi connectivity index (χ0n) is 11.5. The van der Waals surface area contributed by atoms with Gasteiger partial charge in [-0.1, -0.05) is 18.6 Å². The standard InChI is InChI=1S/C14H16N2O3S.BrH/c17-13(10-20-14-7-2-1-3-8-15-14)11-5-4-6-12(9-11)16(18)19;/h4-6,9H,1-3,7-8,10H2;1H/p-1. The van der Waals surface area contributed by atoms with Gasteiger partial charge in [-0.05, 0) is 19.3 Å². The summed E-state index contributed by atoms with van der Waals surface area (Å²) in [5, 5.41) is 11.7. The molecular weight excluding hydrogens is 356 g/mol. The molecule has 0 fully saturated rings. The predicted octanol–water partition coefficient (Wildman–Crippen LogP) is 0.487. The third-order valence-corrected chi connectivity index (χ3v) is 4.16. The van der Waals surface area contributed by atoms with Crippen LogP contribution in [0.25, 0.3) is 0 Å². The average Bonchev–Trinajstić information content (AvgIpc) is 2.73. The molecule has 0 bridgehead atoms. The molecule has 1 aromatic carbocycles. The summed E-state index contributed by atoms with van der Waals surface area (Å²) in [6, 6.07) is 5.88. The Morgan fingerprint density at radius 2 is 2.14 bits per heavy atom. The van der Waals surface area contributed by atoms with Gasteiger partial charge in [0.2, 0.25) is 0 Å². The van der Waals surface area contributed by atoms with Crippen LogP contribution in [-0.2, 0) is 0 Å². The lowest BCUT2D eigenvalue weighted by atomic mass is 10.1. The van der Waals surface area contributed by atoms with Crippen molar-refractivity contribution in [1.29, 1.82) is 0 Å². The fourth-order valence-electron chi connectivity index (χ4n) is 1.99. The lowest BCUT2D eigenvalue weighted by molar-refractivity contribution is -0.384. The largest absolute Gasteiger partial charge is 1.00 e. The van der Waals surface area contributed by atoms with Gasteiger partial charge in [-0.2, -0.15) is 0 Å². The normalized spacial score (nSPS) is 14.6. The smallest absolute Gasteiger partial charge is 0.270 e. The number of Topliss-reactive ketones (excluding diaryl/α,β-unsaturated/α-hetero) is 1. The number of nitrogens with zero attached hydrogens (tertiary/aromatic N) is 2. The summed E-state index contributed by atoms with van der Waals surface area (Å²) in [5.74, 6) is 0.200. The summed E-state index contributed by atoms with van der Waals surface area (Å²) < 4.78 is 0. The van der Waals surface area contributed by atoms with E-state index in [9.17, 15) is 14.9 Å². The van der Waals surface area contributed by atoms with Crippen molar-refractivity contribution in [3.05, 3.63) is 39.9 Å². The molecule has 1 heterocycles. The zero-order valence-corrected chi connectivity index (χ0v) is 13.9. The third kappa shape index (κ3) is 5.59. The highest BCUT2D eigenvalue weighted by atomic mass is 79.9. The summed E-state index contributed by atoms with van der Waals surface area (Å²) in [4.78, 5) is 26.7. The molecule has 0 N–H and O–H groups in total. The maximum absolute atomic E-state index is 12.0. The van der Waals surface area contributed by atoms with Crippen LogP contribution in [-0.4, -0.2) is 28.0 Å². The molecule has 1 aromatic rings. The van der Waals surface area contributed by atoms with Crippen LogP contribution in [0.1, 0.15) is 36.0 Å². The number of benzene rings is 1. The SMILES string of the molecule is O=C(CSC1=NCCCCC1)c1cccc([N+](=O)[O-])c1.[Br-]. The number of ketones is 1. The van der Waals surface area contributed by atoms with Crippen molar-refractivity contribution in [1.82, 2.24) is 0 Å². The van der Waals surface area contributed by atoms with E-state index in [2.05, 4.69) is 4.99 Å². The highest BCUT2D eigenvalue weighted by Crippen LogP contribution is 2.19. The minimum absolute atomic E-state index is 0. The van der Waals surface area contributed by atoms with Crippen LogP contribution in [0.4, 0.5) is 5.69 Å². The third-order valence-electron chi connectivity index (χ3n) is 3.09. The van der Waals surface area contributed by atoms with Crippen LogP contribution >= 0.6 is 11.8 Å². The molecule has 0 aliphatic carbocycles. The van der Waals surface area contributed by atoms with Gasteiger partial charge in [0, 0.05) is 24.2 Å². The van der Waals surface area contributed by atoms with Crippen molar-refractivity contribution in [3.63, 3.8) is 0 Å². The fraction of sp³-hybridized carbons (Fsp3) is 0.429. The molecule has 0 atom stereocenters. The van der Waals surface area contributed by atoms with Crippen LogP contribution in [0, 0.1) is 10.1 Å². The number of nitro benzene ring substituents is 1. The van der Waals surface area contributed by atoms with Crippen LogP contribution in [0.15, 0.2) is 29.3 Å². The Labute approximate surface area is 138 Å². The van der Waals surface area contributed by atoms with E-state index >= 15 is 0 Å². The first-order valence-corrected chi connectivity index (χ1v) is 7.59. The lowest BCUT2D eigenvalue weighted by Crippen LogP contribution is -3.00. The quantitative estimate of drug-likeness (QED) is 0.438. The van der Waals surface area contributed by atoms with Crippen molar-refractivity contribution in [2.75, 3.05) is 12.3 Å². The average molecular weight is 372 g/mol. The first-order valence-electron chi connectivity index (χ1n) is 6.60. The summed E-state index contributed by atoms with van der Waals surface area (Å²) in [7, 11) is 0. The maximum atomic E-state index is 12.0. The number of thioether (sulfide) groups is 1. The van der Waals surface area contributed by atoms with Crippen molar-refractivity contribution in [2.45, 2.75) is 25.7 Å². The molecular formula is C14H16BrN2O3S-. The van der Waals surface area contributed by atoms with E-state index in [0.717, 1.165) is 30.9 Å². The molecule has 114 valence electrons. The van der Waals surface area contributed by atoms with Crippen LogP contribution in [0.3, 0.4) is 0 Å². The summed E-state index contributed by atoms with van der Waals surface area (Å²) in [6.45, 7) is 0.841. The van der Waals surface area contributed by atoms with Crippen molar-refractivity contribution in [2.24, 2.45) is 4.99 Å². The Bertz CT molecular complexity index is 549. The minimum atomic E-state index is -0.487. The molecule has 0 unspecified atom stereocenters. The van der Waals surface area contributed by atoms with Gasteiger partial charge in [0.05, 0.1) is 15.7 Å². The van der Waals surface area contributed by atoms with Gasteiger partial charge in [0.1, 0.15) is 0 Å². The predicted molar refractivity (Wildman–Crippen MR) is 80.7 cm³/mol. The van der Waals surface area contributed by atoms with Crippen molar-refractivity contribution in [3.8, 4) is 0 Å². The number of halogens is 1. The van der Waals surface area contributed by atoms with E-state index in [0.29, 0.717) is 11.3 Å². The van der Waals surface area contributed by atoms with E-state index in [4.69, 9.17) is 0 Å². The minimum Gasteiger partial charge on any atom is -1.00 e. The molecule has 1 aliphatic heterocycles. The number of aliphatic imine (C=N–C) groups is 1. The fourth-order valence-corrected chi connectivity index (χ4v) is 2.93. The number of rotatable bonds is 4. The van der Waals surface area contributed by atoms with E-state index < -0.39 is 4.92 Å². The van der Waals surface area contributed by atoms with E-state index in [1.165, 1.54) is 30.3 Å². The van der Waals surface area contributed by atoms with Crippen LogP contribution in [0.5, 0.6) is 0 Å². The number of carbonyl (C=O) groups excluding carboxylic acids is 1. The van der Waals surface area contributed by atoms with Gasteiger partial charge in [-0.25, -0.2) is 0 Å². The van der Waals surface area contributed by atoms with E-state index in [1.807, 2.05) is 0 Å². The lowest BCUT2D eigenvalue weighted by Gasteiger charge is -2.03. The number of hydrogen-bond acceptors (Lipinski definition) is 5. The van der Waals surface area contributed by atoms with Gasteiger partial charge in [-0.3, -0.25) is 19.9 Å². The molecule has 1 aliphatic rings. The number of non-ortho nitro benzene ring substituents is 1. The highest BCUT2D eigenvalue weighted by Gasteiger charge is 2.13. The molecule has 0 saturated heterocycles. The Morgan fingerprint density at radius 1 is 1.33 bits per heavy atom. The Hall–Kier alpha value is -1.21. The monoisotopic (exact) mass is 371 g/mol. The first kappa shape index (κ1) is 17.8. The van der Waals surface area contributed by atoms with Gasteiger partial charge < -0.3 is 17.0 Å². The van der Waals surface area contributed by atoms with Gasteiger partial charge in [-0.15, -0.1) is 11.8 Å². The first-order chi connectivity index (χ1) is 9.66. The summed E-state index contributed by atoms with van der Waals surface area (Å²) in [5.41, 5.74) is 0.341. The second-order valence-corrected chi connectivity index (χ2v) is 5.65. The maximum Gasteiger partial charge on any atom is 0.270 e. The highest BCUT2D eigenvalue weighted by molar-refractivity contribution is 8.14. The number of nitro groups is 1. The number of carbonyl (C=O) groups is 1. The Balaban J connectivity index is 0.00000220. The molecule has 21 heavy (non-hydrogen) atoms. The molecule has 7 heteroatoms. The van der Waals surface area contributed by atoms with Gasteiger partial charge >= 0.3 is 0 Å².